The zero-order valence-electron chi connectivity index (χ0n) is 8.03. The zero-order chi connectivity index (χ0) is 9.84. The van der Waals surface area contributed by atoms with E-state index in [2.05, 4.69) is 16.4 Å². The number of hydrogen-bond acceptors (Lipinski definition) is 4. The lowest BCUT2D eigenvalue weighted by Gasteiger charge is -2.11. The lowest BCUT2D eigenvalue weighted by atomic mass is 10.3. The predicted molar refractivity (Wildman–Crippen MR) is 53.5 cm³/mol. The van der Waals surface area contributed by atoms with Crippen LogP contribution in [0, 0.1) is 18.3 Å². The van der Waals surface area contributed by atoms with Crippen molar-refractivity contribution in [3.63, 3.8) is 0 Å². The Morgan fingerprint density at radius 1 is 1.62 bits per heavy atom. The van der Waals surface area contributed by atoms with E-state index in [1.165, 1.54) is 0 Å². The van der Waals surface area contributed by atoms with Crippen LogP contribution in [0.25, 0.3) is 0 Å². The first-order chi connectivity index (χ1) is 6.13. The van der Waals surface area contributed by atoms with E-state index in [-0.39, 0.29) is 12.1 Å². The fourth-order valence-electron chi connectivity index (χ4n) is 1.05. The Labute approximate surface area is 82.4 Å². The van der Waals surface area contributed by atoms with E-state index in [9.17, 15) is 0 Å². The SMILES string of the molecule is Cc1csc(C(C)NC(C)C#N)n1. The number of nitrogens with one attached hydrogen (secondary N) is 1. The standard InChI is InChI=1S/C9H13N3S/c1-6(4-10)11-8(3)9-12-7(2)5-13-9/h5-6,8,11H,1-3H3. The highest BCUT2D eigenvalue weighted by molar-refractivity contribution is 7.09. The van der Waals surface area contributed by atoms with Crippen molar-refractivity contribution in [2.45, 2.75) is 32.9 Å². The lowest BCUT2D eigenvalue weighted by molar-refractivity contribution is 0.540. The first-order valence-corrected chi connectivity index (χ1v) is 5.09. The van der Waals surface area contributed by atoms with E-state index >= 15 is 0 Å². The average Bonchev–Trinajstić information content (AvgIpc) is 2.51. The maximum Gasteiger partial charge on any atom is 0.110 e. The molecular formula is C9H13N3S. The minimum atomic E-state index is -0.126. The molecule has 2 atom stereocenters. The summed E-state index contributed by atoms with van der Waals surface area (Å²) in [5, 5.41) is 14.8. The van der Waals surface area contributed by atoms with Crippen molar-refractivity contribution >= 4 is 11.3 Å². The van der Waals surface area contributed by atoms with Gasteiger partial charge in [-0.3, -0.25) is 5.32 Å². The van der Waals surface area contributed by atoms with Gasteiger partial charge < -0.3 is 0 Å². The molecule has 1 aromatic heterocycles. The minimum absolute atomic E-state index is 0.126. The molecule has 1 heterocycles. The van der Waals surface area contributed by atoms with Crippen molar-refractivity contribution in [1.82, 2.24) is 10.3 Å². The molecule has 0 saturated heterocycles. The molecule has 0 amide bonds. The molecule has 1 aromatic rings. The first kappa shape index (κ1) is 10.2. The van der Waals surface area contributed by atoms with Gasteiger partial charge >= 0.3 is 0 Å². The number of hydrogen-bond donors (Lipinski definition) is 1. The van der Waals surface area contributed by atoms with Gasteiger partial charge in [0, 0.05) is 11.1 Å². The van der Waals surface area contributed by atoms with Crippen LogP contribution in [0.2, 0.25) is 0 Å². The van der Waals surface area contributed by atoms with Gasteiger partial charge in [-0.05, 0) is 20.8 Å². The second-order valence-electron chi connectivity index (χ2n) is 3.07. The Bertz CT molecular complexity index is 313. The Morgan fingerprint density at radius 3 is 2.77 bits per heavy atom. The summed E-state index contributed by atoms with van der Waals surface area (Å²) in [6.07, 6.45) is 0. The molecule has 0 aliphatic carbocycles. The van der Waals surface area contributed by atoms with E-state index in [4.69, 9.17) is 5.26 Å². The molecular weight excluding hydrogens is 182 g/mol. The summed E-state index contributed by atoms with van der Waals surface area (Å²) < 4.78 is 0. The van der Waals surface area contributed by atoms with Crippen molar-refractivity contribution < 1.29 is 0 Å². The molecule has 0 bridgehead atoms. The van der Waals surface area contributed by atoms with E-state index in [0.29, 0.717) is 0 Å². The van der Waals surface area contributed by atoms with Crippen molar-refractivity contribution in [1.29, 1.82) is 5.26 Å². The normalized spacial score (nSPS) is 14.9. The number of nitrogens with zero attached hydrogens (tertiary/aromatic N) is 2. The smallest absolute Gasteiger partial charge is 0.110 e. The van der Waals surface area contributed by atoms with Gasteiger partial charge in [-0.1, -0.05) is 0 Å². The van der Waals surface area contributed by atoms with Crippen molar-refractivity contribution in [3.8, 4) is 6.07 Å². The zero-order valence-corrected chi connectivity index (χ0v) is 8.85. The maximum atomic E-state index is 8.61. The molecule has 0 aromatic carbocycles. The summed E-state index contributed by atoms with van der Waals surface area (Å²) in [7, 11) is 0. The fourth-order valence-corrected chi connectivity index (χ4v) is 1.87. The number of rotatable bonds is 3. The van der Waals surface area contributed by atoms with E-state index in [0.717, 1.165) is 10.7 Å². The molecule has 0 radical (unpaired) electrons. The Morgan fingerprint density at radius 2 is 2.31 bits per heavy atom. The minimum Gasteiger partial charge on any atom is -0.293 e. The largest absolute Gasteiger partial charge is 0.293 e. The van der Waals surface area contributed by atoms with Crippen LogP contribution in [0.1, 0.15) is 30.6 Å². The van der Waals surface area contributed by atoms with Crippen LogP contribution in [0.3, 0.4) is 0 Å². The van der Waals surface area contributed by atoms with Gasteiger partial charge in [-0.2, -0.15) is 5.26 Å². The monoisotopic (exact) mass is 195 g/mol. The maximum absolute atomic E-state index is 8.61. The summed E-state index contributed by atoms with van der Waals surface area (Å²) in [6.45, 7) is 5.84. The number of aryl methyl sites for hydroxylation is 1. The Hall–Kier alpha value is -0.920. The molecule has 13 heavy (non-hydrogen) atoms. The molecule has 70 valence electrons. The molecule has 1 rings (SSSR count). The van der Waals surface area contributed by atoms with Gasteiger partial charge in [0.25, 0.3) is 0 Å². The van der Waals surface area contributed by atoms with Gasteiger partial charge in [0.2, 0.25) is 0 Å². The molecule has 2 unspecified atom stereocenters. The van der Waals surface area contributed by atoms with Gasteiger partial charge in [0.05, 0.1) is 18.2 Å². The molecule has 0 spiro atoms. The summed E-state index contributed by atoms with van der Waals surface area (Å²) in [6, 6.07) is 2.17. The number of nitriles is 1. The molecule has 0 aliphatic heterocycles. The van der Waals surface area contributed by atoms with Crippen LogP contribution in [-0.4, -0.2) is 11.0 Å². The van der Waals surface area contributed by atoms with E-state index in [1.54, 1.807) is 11.3 Å². The summed E-state index contributed by atoms with van der Waals surface area (Å²) in [4.78, 5) is 4.34. The van der Waals surface area contributed by atoms with E-state index in [1.807, 2.05) is 26.2 Å². The molecule has 3 nitrogen and oxygen atoms in total. The molecule has 0 fully saturated rings. The molecule has 0 saturated carbocycles. The van der Waals surface area contributed by atoms with Gasteiger partial charge in [-0.25, -0.2) is 4.98 Å². The Balaban J connectivity index is 2.59. The Kier molecular flexibility index (Phi) is 3.40. The van der Waals surface area contributed by atoms with Crippen molar-refractivity contribution in [3.05, 3.63) is 16.1 Å². The molecule has 4 heteroatoms. The van der Waals surface area contributed by atoms with Crippen LogP contribution in [0.4, 0.5) is 0 Å². The summed E-state index contributed by atoms with van der Waals surface area (Å²) in [5.74, 6) is 0. The van der Waals surface area contributed by atoms with Gasteiger partial charge in [-0.15, -0.1) is 11.3 Å². The fraction of sp³-hybridized carbons (Fsp3) is 0.556. The second-order valence-corrected chi connectivity index (χ2v) is 3.96. The third-order valence-corrected chi connectivity index (χ3v) is 2.85. The van der Waals surface area contributed by atoms with Gasteiger partial charge in [0.1, 0.15) is 5.01 Å². The van der Waals surface area contributed by atoms with Crippen LogP contribution in [0.5, 0.6) is 0 Å². The highest BCUT2D eigenvalue weighted by Crippen LogP contribution is 2.17. The predicted octanol–water partition coefficient (Wildman–Crippen LogP) is 2.01. The van der Waals surface area contributed by atoms with E-state index < -0.39 is 0 Å². The third kappa shape index (κ3) is 2.79. The van der Waals surface area contributed by atoms with Crippen LogP contribution < -0.4 is 5.32 Å². The molecule has 0 aliphatic rings. The molecule has 1 N–H and O–H groups in total. The van der Waals surface area contributed by atoms with Crippen molar-refractivity contribution in [2.24, 2.45) is 0 Å². The van der Waals surface area contributed by atoms with Gasteiger partial charge in [0.15, 0.2) is 0 Å². The summed E-state index contributed by atoms with van der Waals surface area (Å²) >= 11 is 1.63. The highest BCUT2D eigenvalue weighted by atomic mass is 32.1. The topological polar surface area (TPSA) is 48.7 Å². The number of aromatic nitrogens is 1. The van der Waals surface area contributed by atoms with Crippen molar-refractivity contribution in [2.75, 3.05) is 0 Å². The highest BCUT2D eigenvalue weighted by Gasteiger charge is 2.11. The van der Waals surface area contributed by atoms with Crippen LogP contribution >= 0.6 is 11.3 Å². The lowest BCUT2D eigenvalue weighted by Crippen LogP contribution is -2.27. The second kappa shape index (κ2) is 4.35. The van der Waals surface area contributed by atoms with Crippen LogP contribution in [0.15, 0.2) is 5.38 Å². The number of thiazole rings is 1. The summed E-state index contributed by atoms with van der Waals surface area (Å²) in [5.41, 5.74) is 1.04. The quantitative estimate of drug-likeness (QED) is 0.802. The third-order valence-electron chi connectivity index (χ3n) is 1.70. The average molecular weight is 195 g/mol. The first-order valence-electron chi connectivity index (χ1n) is 4.21. The van der Waals surface area contributed by atoms with Crippen LogP contribution in [-0.2, 0) is 0 Å².